The highest BCUT2D eigenvalue weighted by Gasteiger charge is 2.26. The van der Waals surface area contributed by atoms with Crippen LogP contribution in [0.25, 0.3) is 17.1 Å². The molecule has 0 radical (unpaired) electrons. The van der Waals surface area contributed by atoms with Gasteiger partial charge in [-0.15, -0.1) is 10.2 Å². The lowest BCUT2D eigenvalue weighted by molar-refractivity contribution is 0.629. The Kier molecular flexibility index (Phi) is 3.70. The van der Waals surface area contributed by atoms with Crippen LogP contribution in [0.15, 0.2) is 36.4 Å². The largest absolute Gasteiger partial charge is 0.383 e. The molecule has 0 aliphatic carbocycles. The minimum Gasteiger partial charge on any atom is -0.383 e. The lowest BCUT2D eigenvalue weighted by atomic mass is 10.1. The van der Waals surface area contributed by atoms with Gasteiger partial charge in [-0.05, 0) is 36.4 Å². The molecule has 0 bridgehead atoms. The van der Waals surface area contributed by atoms with Gasteiger partial charge in [0.2, 0.25) is 0 Å². The van der Waals surface area contributed by atoms with E-state index in [9.17, 15) is 4.39 Å². The summed E-state index contributed by atoms with van der Waals surface area (Å²) in [5.74, 6) is 0.852. The second-order valence-electron chi connectivity index (χ2n) is 5.78. The zero-order valence-electron chi connectivity index (χ0n) is 12.7. The summed E-state index contributed by atoms with van der Waals surface area (Å²) >= 11 is 12.2. The second kappa shape index (κ2) is 5.76. The first-order chi connectivity index (χ1) is 11.5. The van der Waals surface area contributed by atoms with Crippen LogP contribution in [0.1, 0.15) is 18.7 Å². The minimum absolute atomic E-state index is 0.0969. The van der Waals surface area contributed by atoms with Gasteiger partial charge in [-0.25, -0.2) is 4.39 Å². The molecule has 2 aromatic carbocycles. The van der Waals surface area contributed by atoms with E-state index in [4.69, 9.17) is 23.2 Å². The van der Waals surface area contributed by atoms with Crippen LogP contribution in [0.2, 0.25) is 10.0 Å². The fraction of sp³-hybridized carbons (Fsp3) is 0.176. The molecule has 4 nitrogen and oxygen atoms in total. The number of fused-ring (bicyclic) bond motifs is 3. The number of benzene rings is 2. The van der Waals surface area contributed by atoms with E-state index in [1.165, 1.54) is 12.1 Å². The Balaban J connectivity index is 2.03. The Labute approximate surface area is 148 Å². The Morgan fingerprint density at radius 2 is 1.88 bits per heavy atom. The highest BCUT2D eigenvalue weighted by molar-refractivity contribution is 6.31. The summed E-state index contributed by atoms with van der Waals surface area (Å²) in [5, 5.41) is 12.9. The van der Waals surface area contributed by atoms with Gasteiger partial charge in [-0.1, -0.05) is 30.1 Å². The Bertz CT molecular complexity index is 938. The van der Waals surface area contributed by atoms with Gasteiger partial charge in [0.1, 0.15) is 11.6 Å². The number of hydrogen-bond donors (Lipinski definition) is 1. The molecule has 0 saturated carbocycles. The van der Waals surface area contributed by atoms with Crippen LogP contribution in [-0.2, 0) is 0 Å². The smallest absolute Gasteiger partial charge is 0.171 e. The molecule has 0 spiro atoms. The lowest BCUT2D eigenvalue weighted by Gasteiger charge is -2.13. The van der Waals surface area contributed by atoms with Crippen molar-refractivity contribution >= 4 is 28.9 Å². The number of rotatable bonds is 1. The summed E-state index contributed by atoms with van der Waals surface area (Å²) in [6.07, 6.45) is 0. The van der Waals surface area contributed by atoms with E-state index >= 15 is 0 Å². The Morgan fingerprint density at radius 1 is 1.12 bits per heavy atom. The predicted octanol–water partition coefficient (Wildman–Crippen LogP) is 4.91. The van der Waals surface area contributed by atoms with Crippen LogP contribution in [0, 0.1) is 5.82 Å². The van der Waals surface area contributed by atoms with Crippen molar-refractivity contribution in [2.24, 2.45) is 0 Å². The maximum Gasteiger partial charge on any atom is 0.171 e. The van der Waals surface area contributed by atoms with Gasteiger partial charge >= 0.3 is 0 Å². The van der Waals surface area contributed by atoms with Gasteiger partial charge in [-0.3, -0.25) is 4.57 Å². The molecule has 0 fully saturated rings. The summed E-state index contributed by atoms with van der Waals surface area (Å²) in [6, 6.07) is 9.93. The van der Waals surface area contributed by atoms with Gasteiger partial charge < -0.3 is 5.32 Å². The van der Waals surface area contributed by atoms with Crippen LogP contribution in [0.3, 0.4) is 0 Å². The van der Waals surface area contributed by atoms with E-state index in [0.717, 1.165) is 17.2 Å². The van der Waals surface area contributed by atoms with Crippen molar-refractivity contribution < 1.29 is 4.39 Å². The van der Waals surface area contributed by atoms with Crippen molar-refractivity contribution in [2.45, 2.75) is 12.8 Å². The third-order valence-electron chi connectivity index (χ3n) is 4.10. The minimum atomic E-state index is -0.400. The molecule has 4 rings (SSSR count). The topological polar surface area (TPSA) is 42.7 Å². The van der Waals surface area contributed by atoms with E-state index in [1.807, 2.05) is 29.7 Å². The summed E-state index contributed by atoms with van der Waals surface area (Å²) in [4.78, 5) is 0. The molecule has 0 amide bonds. The Morgan fingerprint density at radius 3 is 2.71 bits per heavy atom. The molecular formula is C17H13Cl2FN4. The molecule has 1 N–H and O–H groups in total. The molecule has 3 aromatic rings. The number of nitrogens with zero attached hydrogens (tertiary/aromatic N) is 3. The third-order valence-corrected chi connectivity index (χ3v) is 4.57. The second-order valence-corrected chi connectivity index (χ2v) is 6.66. The molecule has 0 saturated heterocycles. The van der Waals surface area contributed by atoms with Crippen molar-refractivity contribution in [2.75, 3.05) is 11.9 Å². The average Bonchev–Trinajstić information content (AvgIpc) is 2.95. The number of aromatic nitrogens is 3. The van der Waals surface area contributed by atoms with Crippen molar-refractivity contribution in [1.29, 1.82) is 0 Å². The highest BCUT2D eigenvalue weighted by atomic mass is 35.5. The summed E-state index contributed by atoms with van der Waals surface area (Å²) < 4.78 is 16.2. The maximum absolute atomic E-state index is 14.4. The van der Waals surface area contributed by atoms with Crippen molar-refractivity contribution in [3.8, 4) is 17.1 Å². The first-order valence-electron chi connectivity index (χ1n) is 7.49. The van der Waals surface area contributed by atoms with Crippen LogP contribution in [-0.4, -0.2) is 21.3 Å². The molecular weight excluding hydrogens is 350 g/mol. The summed E-state index contributed by atoms with van der Waals surface area (Å²) in [7, 11) is 0. The van der Waals surface area contributed by atoms with Crippen molar-refractivity contribution in [3.63, 3.8) is 0 Å². The summed E-state index contributed by atoms with van der Waals surface area (Å²) in [6.45, 7) is 2.74. The zero-order chi connectivity index (χ0) is 16.8. The van der Waals surface area contributed by atoms with Gasteiger partial charge in [0.15, 0.2) is 5.82 Å². The predicted molar refractivity (Wildman–Crippen MR) is 93.7 cm³/mol. The number of hydrogen-bond acceptors (Lipinski definition) is 3. The van der Waals surface area contributed by atoms with E-state index < -0.39 is 5.82 Å². The number of anilines is 1. The highest BCUT2D eigenvalue weighted by Crippen LogP contribution is 2.36. The molecule has 7 heteroatoms. The van der Waals surface area contributed by atoms with Crippen LogP contribution in [0.5, 0.6) is 0 Å². The van der Waals surface area contributed by atoms with Crippen molar-refractivity contribution in [1.82, 2.24) is 14.8 Å². The van der Waals surface area contributed by atoms with Crippen LogP contribution in [0.4, 0.5) is 10.1 Å². The van der Waals surface area contributed by atoms with Gasteiger partial charge in [0.25, 0.3) is 0 Å². The first kappa shape index (κ1) is 15.4. The molecule has 24 heavy (non-hydrogen) atoms. The quantitative estimate of drug-likeness (QED) is 0.668. The van der Waals surface area contributed by atoms with E-state index in [2.05, 4.69) is 15.5 Å². The van der Waals surface area contributed by atoms with E-state index in [1.54, 1.807) is 6.07 Å². The molecule has 1 atom stereocenters. The lowest BCUT2D eigenvalue weighted by Crippen LogP contribution is -2.09. The van der Waals surface area contributed by atoms with Gasteiger partial charge in [0.05, 0.1) is 16.9 Å². The maximum atomic E-state index is 14.4. The molecule has 1 aliphatic heterocycles. The number of halogens is 3. The van der Waals surface area contributed by atoms with Gasteiger partial charge in [0, 0.05) is 22.5 Å². The molecule has 2 heterocycles. The SMILES string of the molecule is C[C@@H]1CNc2ccc(Cl)cc2-n2c(-c3cc(Cl)ccc3F)nnc21. The van der Waals surface area contributed by atoms with Crippen LogP contribution >= 0.6 is 23.2 Å². The van der Waals surface area contributed by atoms with Crippen molar-refractivity contribution in [3.05, 3.63) is 58.1 Å². The fourth-order valence-electron chi connectivity index (χ4n) is 2.89. The molecule has 1 aliphatic rings. The summed E-state index contributed by atoms with van der Waals surface area (Å²) in [5.41, 5.74) is 2.00. The average molecular weight is 363 g/mol. The fourth-order valence-corrected chi connectivity index (χ4v) is 3.23. The first-order valence-corrected chi connectivity index (χ1v) is 8.24. The molecule has 122 valence electrons. The van der Waals surface area contributed by atoms with Crippen LogP contribution < -0.4 is 5.32 Å². The number of nitrogens with one attached hydrogen (secondary N) is 1. The van der Waals surface area contributed by atoms with E-state index in [-0.39, 0.29) is 5.92 Å². The van der Waals surface area contributed by atoms with Gasteiger partial charge in [-0.2, -0.15) is 0 Å². The standard InChI is InChI=1S/C17H13Cl2FN4/c1-9-8-21-14-5-3-11(19)7-15(14)24-16(9)22-23-17(24)12-6-10(18)2-4-13(12)20/h2-7,9,21H,8H2,1H3/t9-/m1/s1. The molecule has 1 aromatic heterocycles. The third kappa shape index (κ3) is 2.44. The zero-order valence-corrected chi connectivity index (χ0v) is 14.2. The van der Waals surface area contributed by atoms with E-state index in [0.29, 0.717) is 28.0 Å². The Hall–Kier alpha value is -2.11. The monoisotopic (exact) mass is 362 g/mol. The molecule has 0 unspecified atom stereocenters. The normalized spacial score (nSPS) is 16.1.